The average Bonchev–Trinajstić information content (AvgIpc) is 3.10. The standard InChI is InChI=1S/C29H30N2O5/c1-28(2,3)35-26(32)19-9-8-10-22-25(19)27(33)36-29(22)20-13-11-17(30(4)5)15-23(20)34-24-16-18(31(6)7)12-14-21(24)29/h8-16H,1-7H3. The highest BCUT2D eigenvalue weighted by Gasteiger charge is 2.54. The van der Waals surface area contributed by atoms with E-state index >= 15 is 0 Å². The van der Waals surface area contributed by atoms with Gasteiger partial charge in [0.05, 0.1) is 11.1 Å². The Kier molecular flexibility index (Phi) is 5.28. The lowest BCUT2D eigenvalue weighted by molar-refractivity contribution is 0.00617. The van der Waals surface area contributed by atoms with Gasteiger partial charge in [0.1, 0.15) is 17.1 Å². The van der Waals surface area contributed by atoms with Crippen LogP contribution in [0.5, 0.6) is 11.5 Å². The molecular formula is C29H30N2O5. The first-order valence-corrected chi connectivity index (χ1v) is 11.8. The van der Waals surface area contributed by atoms with Crippen molar-refractivity contribution in [2.24, 2.45) is 0 Å². The van der Waals surface area contributed by atoms with Crippen LogP contribution in [0.2, 0.25) is 0 Å². The summed E-state index contributed by atoms with van der Waals surface area (Å²) in [5.41, 5.74) is 2.33. The number of carbonyl (C=O) groups is 2. The van der Waals surface area contributed by atoms with Crippen molar-refractivity contribution >= 4 is 23.3 Å². The van der Waals surface area contributed by atoms with Crippen LogP contribution in [0.1, 0.15) is 58.2 Å². The van der Waals surface area contributed by atoms with E-state index in [1.54, 1.807) is 32.9 Å². The zero-order valence-corrected chi connectivity index (χ0v) is 21.6. The molecule has 1 spiro atoms. The SMILES string of the molecule is CN(C)c1ccc2c(c1)Oc1cc(N(C)C)ccc1C21OC(=O)c2c(C(=O)OC(C)(C)C)cccc21. The van der Waals surface area contributed by atoms with Gasteiger partial charge in [0.2, 0.25) is 0 Å². The molecule has 36 heavy (non-hydrogen) atoms. The minimum absolute atomic E-state index is 0.189. The zero-order chi connectivity index (χ0) is 26.0. The van der Waals surface area contributed by atoms with Gasteiger partial charge in [-0.25, -0.2) is 9.59 Å². The van der Waals surface area contributed by atoms with Crippen LogP contribution in [0, 0.1) is 0 Å². The number of hydrogen-bond donors (Lipinski definition) is 0. The second-order valence-corrected chi connectivity index (χ2v) is 10.6. The molecule has 2 heterocycles. The van der Waals surface area contributed by atoms with E-state index in [2.05, 4.69) is 0 Å². The van der Waals surface area contributed by atoms with Crippen LogP contribution in [0.15, 0.2) is 54.6 Å². The molecule has 0 N–H and O–H groups in total. The lowest BCUT2D eigenvalue weighted by Gasteiger charge is -2.37. The number of nitrogens with zero attached hydrogens (tertiary/aromatic N) is 2. The number of fused-ring (bicyclic) bond motifs is 6. The van der Waals surface area contributed by atoms with Gasteiger partial charge in [-0.2, -0.15) is 0 Å². The average molecular weight is 487 g/mol. The molecule has 0 aromatic heterocycles. The van der Waals surface area contributed by atoms with E-state index in [0.29, 0.717) is 28.2 Å². The van der Waals surface area contributed by atoms with Crippen LogP contribution < -0.4 is 14.5 Å². The monoisotopic (exact) mass is 486 g/mol. The molecule has 2 aliphatic rings. The number of hydrogen-bond acceptors (Lipinski definition) is 7. The molecule has 0 saturated heterocycles. The number of benzene rings is 3. The van der Waals surface area contributed by atoms with Crippen molar-refractivity contribution in [3.8, 4) is 11.5 Å². The molecular weight excluding hydrogens is 456 g/mol. The molecule has 0 unspecified atom stereocenters. The normalized spacial score (nSPS) is 14.8. The Hall–Kier alpha value is -4.00. The summed E-state index contributed by atoms with van der Waals surface area (Å²) in [4.78, 5) is 30.6. The van der Waals surface area contributed by atoms with Gasteiger partial charge < -0.3 is 24.0 Å². The largest absolute Gasteiger partial charge is 0.456 e. The third-order valence-electron chi connectivity index (χ3n) is 6.45. The molecule has 7 nitrogen and oxygen atoms in total. The van der Waals surface area contributed by atoms with Gasteiger partial charge in [0.15, 0.2) is 5.60 Å². The van der Waals surface area contributed by atoms with E-state index in [-0.39, 0.29) is 11.1 Å². The fourth-order valence-electron chi connectivity index (χ4n) is 4.81. The predicted molar refractivity (Wildman–Crippen MR) is 139 cm³/mol. The molecule has 3 aromatic rings. The second kappa shape index (κ2) is 8.01. The Morgan fingerprint density at radius 2 is 1.39 bits per heavy atom. The Morgan fingerprint density at radius 3 is 1.89 bits per heavy atom. The van der Waals surface area contributed by atoms with Gasteiger partial charge in [-0.1, -0.05) is 12.1 Å². The first-order valence-electron chi connectivity index (χ1n) is 11.8. The highest BCUT2D eigenvalue weighted by molar-refractivity contribution is 6.07. The van der Waals surface area contributed by atoms with Crippen molar-refractivity contribution in [2.75, 3.05) is 38.0 Å². The van der Waals surface area contributed by atoms with Crippen LogP contribution in [-0.4, -0.2) is 45.7 Å². The van der Waals surface area contributed by atoms with Crippen molar-refractivity contribution in [3.05, 3.63) is 82.4 Å². The molecule has 0 saturated carbocycles. The molecule has 5 rings (SSSR count). The number of ether oxygens (including phenoxy) is 3. The lowest BCUT2D eigenvalue weighted by atomic mass is 9.77. The zero-order valence-electron chi connectivity index (χ0n) is 21.6. The Bertz CT molecular complexity index is 1340. The Labute approximate surface area is 211 Å². The first kappa shape index (κ1) is 23.7. The third-order valence-corrected chi connectivity index (χ3v) is 6.45. The van der Waals surface area contributed by atoms with Crippen LogP contribution >= 0.6 is 0 Å². The van der Waals surface area contributed by atoms with Crippen LogP contribution in [0.4, 0.5) is 11.4 Å². The fourth-order valence-corrected chi connectivity index (χ4v) is 4.81. The van der Waals surface area contributed by atoms with Gasteiger partial charge in [-0.3, -0.25) is 0 Å². The van der Waals surface area contributed by atoms with Gasteiger partial charge in [-0.05, 0) is 51.1 Å². The maximum absolute atomic E-state index is 13.5. The van der Waals surface area contributed by atoms with Crippen molar-refractivity contribution in [2.45, 2.75) is 32.0 Å². The van der Waals surface area contributed by atoms with Gasteiger partial charge >= 0.3 is 11.9 Å². The van der Waals surface area contributed by atoms with Crippen molar-refractivity contribution in [3.63, 3.8) is 0 Å². The van der Waals surface area contributed by atoms with E-state index in [1.165, 1.54) is 0 Å². The van der Waals surface area contributed by atoms with E-state index in [4.69, 9.17) is 14.2 Å². The third kappa shape index (κ3) is 3.58. The Morgan fingerprint density at radius 1 is 0.833 bits per heavy atom. The van der Waals surface area contributed by atoms with E-state index < -0.39 is 23.1 Å². The topological polar surface area (TPSA) is 68.3 Å². The maximum atomic E-state index is 13.5. The van der Waals surface area contributed by atoms with E-state index in [9.17, 15) is 9.59 Å². The maximum Gasteiger partial charge on any atom is 0.341 e. The van der Waals surface area contributed by atoms with Gasteiger partial charge in [-0.15, -0.1) is 0 Å². The number of rotatable bonds is 3. The van der Waals surface area contributed by atoms with E-state index in [1.807, 2.05) is 80.5 Å². The number of carbonyl (C=O) groups excluding carboxylic acids is 2. The summed E-state index contributed by atoms with van der Waals surface area (Å²) in [6.07, 6.45) is 0. The smallest absolute Gasteiger partial charge is 0.341 e. The molecule has 0 amide bonds. The predicted octanol–water partition coefficient (Wildman–Crippen LogP) is 5.34. The fraction of sp³-hybridized carbons (Fsp3) is 0.310. The summed E-state index contributed by atoms with van der Waals surface area (Å²) in [6.45, 7) is 5.39. The van der Waals surface area contributed by atoms with E-state index in [0.717, 1.165) is 11.4 Å². The molecule has 0 fully saturated rings. The molecule has 0 atom stereocenters. The molecule has 0 aliphatic carbocycles. The summed E-state index contributed by atoms with van der Waals surface area (Å²) in [7, 11) is 7.82. The highest BCUT2D eigenvalue weighted by Crippen LogP contribution is 2.57. The quantitative estimate of drug-likeness (QED) is 0.463. The lowest BCUT2D eigenvalue weighted by Crippen LogP contribution is -2.33. The summed E-state index contributed by atoms with van der Waals surface area (Å²) in [5.74, 6) is 0.0475. The second-order valence-electron chi connectivity index (χ2n) is 10.6. The Balaban J connectivity index is 1.79. The minimum atomic E-state index is -1.26. The van der Waals surface area contributed by atoms with Crippen molar-refractivity contribution < 1.29 is 23.8 Å². The number of anilines is 2. The molecule has 3 aromatic carbocycles. The van der Waals surface area contributed by atoms with Crippen molar-refractivity contribution in [1.29, 1.82) is 0 Å². The van der Waals surface area contributed by atoms with Gasteiger partial charge in [0, 0.05) is 68.4 Å². The summed E-state index contributed by atoms with van der Waals surface area (Å²) in [6, 6.07) is 16.9. The number of esters is 2. The molecule has 7 heteroatoms. The summed E-state index contributed by atoms with van der Waals surface area (Å²) >= 11 is 0. The molecule has 0 radical (unpaired) electrons. The van der Waals surface area contributed by atoms with Gasteiger partial charge in [0.25, 0.3) is 0 Å². The van der Waals surface area contributed by atoms with Crippen molar-refractivity contribution in [1.82, 2.24) is 0 Å². The molecule has 186 valence electrons. The highest BCUT2D eigenvalue weighted by atomic mass is 16.6. The summed E-state index contributed by atoms with van der Waals surface area (Å²) < 4.78 is 18.3. The van der Waals surface area contributed by atoms with Crippen LogP contribution in [0.25, 0.3) is 0 Å². The molecule has 2 aliphatic heterocycles. The first-order chi connectivity index (χ1) is 16.9. The molecule has 0 bridgehead atoms. The summed E-state index contributed by atoms with van der Waals surface area (Å²) in [5, 5.41) is 0. The minimum Gasteiger partial charge on any atom is -0.456 e. The van der Waals surface area contributed by atoms with Crippen LogP contribution in [-0.2, 0) is 15.1 Å². The van der Waals surface area contributed by atoms with Crippen LogP contribution in [0.3, 0.4) is 0 Å².